The molecule has 0 bridgehead atoms. The lowest BCUT2D eigenvalue weighted by molar-refractivity contribution is 0.251. The summed E-state index contributed by atoms with van der Waals surface area (Å²) < 4.78 is 0. The van der Waals surface area contributed by atoms with Crippen molar-refractivity contribution in [1.29, 1.82) is 0 Å². The standard InChI is InChI=1S/C14H14N2O3/c17-12-6-11(7-13(18)8-12)16-14(19)15-9-10-4-2-1-3-5-10/h1-8,17-18H,9H2,(H2,15,16,19). The molecule has 2 rings (SSSR count). The molecule has 2 aromatic carbocycles. The van der Waals surface area contributed by atoms with E-state index in [2.05, 4.69) is 10.6 Å². The average Bonchev–Trinajstić information content (AvgIpc) is 2.36. The molecule has 0 aliphatic rings. The molecule has 0 radical (unpaired) electrons. The van der Waals surface area contributed by atoms with Crippen LogP contribution in [0.1, 0.15) is 5.56 Å². The molecule has 2 aromatic rings. The largest absolute Gasteiger partial charge is 0.508 e. The predicted molar refractivity (Wildman–Crippen MR) is 72.1 cm³/mol. The Morgan fingerprint density at radius 3 is 2.26 bits per heavy atom. The van der Waals surface area contributed by atoms with Crippen LogP contribution in [0.5, 0.6) is 11.5 Å². The number of phenols is 2. The number of aromatic hydroxyl groups is 2. The van der Waals surface area contributed by atoms with E-state index in [9.17, 15) is 15.0 Å². The summed E-state index contributed by atoms with van der Waals surface area (Å²) in [4.78, 5) is 11.6. The highest BCUT2D eigenvalue weighted by Gasteiger charge is 2.04. The van der Waals surface area contributed by atoms with Crippen LogP contribution >= 0.6 is 0 Å². The number of nitrogens with one attached hydrogen (secondary N) is 2. The Morgan fingerprint density at radius 2 is 1.63 bits per heavy atom. The van der Waals surface area contributed by atoms with E-state index < -0.39 is 6.03 Å². The van der Waals surface area contributed by atoms with Gasteiger partial charge in [0, 0.05) is 30.4 Å². The van der Waals surface area contributed by atoms with E-state index in [0.717, 1.165) is 5.56 Å². The Labute approximate surface area is 110 Å². The van der Waals surface area contributed by atoms with Crippen molar-refractivity contribution < 1.29 is 15.0 Å². The van der Waals surface area contributed by atoms with Gasteiger partial charge in [0.1, 0.15) is 11.5 Å². The Bertz CT molecular complexity index is 550. The number of hydrogen-bond donors (Lipinski definition) is 4. The second-order valence-corrected chi connectivity index (χ2v) is 4.03. The molecule has 5 nitrogen and oxygen atoms in total. The first-order valence-electron chi connectivity index (χ1n) is 5.75. The zero-order valence-electron chi connectivity index (χ0n) is 10.1. The molecule has 98 valence electrons. The number of phenolic OH excluding ortho intramolecular Hbond substituents is 2. The summed E-state index contributed by atoms with van der Waals surface area (Å²) in [6.45, 7) is 0.400. The van der Waals surface area contributed by atoms with Gasteiger partial charge in [0.25, 0.3) is 0 Å². The first kappa shape index (κ1) is 12.8. The number of benzene rings is 2. The summed E-state index contributed by atoms with van der Waals surface area (Å²) in [5, 5.41) is 23.8. The SMILES string of the molecule is O=C(NCc1ccccc1)Nc1cc(O)cc(O)c1. The van der Waals surface area contributed by atoms with Crippen LogP contribution in [-0.2, 0) is 6.54 Å². The van der Waals surface area contributed by atoms with Crippen LogP contribution in [0.15, 0.2) is 48.5 Å². The molecular weight excluding hydrogens is 244 g/mol. The maximum absolute atomic E-state index is 11.6. The van der Waals surface area contributed by atoms with Crippen molar-refractivity contribution in [2.75, 3.05) is 5.32 Å². The van der Waals surface area contributed by atoms with E-state index in [1.54, 1.807) is 0 Å². The van der Waals surface area contributed by atoms with Gasteiger partial charge in [-0.1, -0.05) is 30.3 Å². The molecule has 0 fully saturated rings. The number of urea groups is 1. The van der Waals surface area contributed by atoms with Gasteiger partial charge in [0.15, 0.2) is 0 Å². The quantitative estimate of drug-likeness (QED) is 0.682. The minimum absolute atomic E-state index is 0.113. The van der Waals surface area contributed by atoms with Crippen LogP contribution < -0.4 is 10.6 Å². The molecule has 0 unspecified atom stereocenters. The van der Waals surface area contributed by atoms with E-state index in [1.807, 2.05) is 30.3 Å². The monoisotopic (exact) mass is 258 g/mol. The van der Waals surface area contributed by atoms with E-state index >= 15 is 0 Å². The summed E-state index contributed by atoms with van der Waals surface area (Å²) in [6, 6.07) is 13.0. The number of carbonyl (C=O) groups is 1. The first-order chi connectivity index (χ1) is 9.13. The summed E-state index contributed by atoms with van der Waals surface area (Å²) in [6.07, 6.45) is 0. The molecule has 0 saturated heterocycles. The summed E-state index contributed by atoms with van der Waals surface area (Å²) in [5.41, 5.74) is 1.31. The Morgan fingerprint density at radius 1 is 1.00 bits per heavy atom. The molecule has 5 heteroatoms. The van der Waals surface area contributed by atoms with Gasteiger partial charge in [-0.15, -0.1) is 0 Å². The van der Waals surface area contributed by atoms with E-state index in [4.69, 9.17) is 0 Å². The zero-order chi connectivity index (χ0) is 13.7. The van der Waals surface area contributed by atoms with Crippen LogP contribution in [0.3, 0.4) is 0 Å². The van der Waals surface area contributed by atoms with Crippen molar-refractivity contribution in [2.45, 2.75) is 6.54 Å². The van der Waals surface area contributed by atoms with Crippen molar-refractivity contribution >= 4 is 11.7 Å². The van der Waals surface area contributed by atoms with Gasteiger partial charge in [-0.25, -0.2) is 4.79 Å². The lowest BCUT2D eigenvalue weighted by atomic mass is 10.2. The maximum Gasteiger partial charge on any atom is 0.319 e. The molecule has 2 amide bonds. The first-order valence-corrected chi connectivity index (χ1v) is 5.75. The van der Waals surface area contributed by atoms with Crippen molar-refractivity contribution in [1.82, 2.24) is 5.32 Å². The van der Waals surface area contributed by atoms with Gasteiger partial charge in [0.05, 0.1) is 0 Å². The van der Waals surface area contributed by atoms with Crippen LogP contribution in [0.4, 0.5) is 10.5 Å². The van der Waals surface area contributed by atoms with Crippen LogP contribution in [0, 0.1) is 0 Å². The molecule has 4 N–H and O–H groups in total. The molecule has 0 aliphatic carbocycles. The molecule has 19 heavy (non-hydrogen) atoms. The summed E-state index contributed by atoms with van der Waals surface area (Å²) in [7, 11) is 0. The fourth-order valence-corrected chi connectivity index (χ4v) is 1.62. The van der Waals surface area contributed by atoms with Crippen LogP contribution in [-0.4, -0.2) is 16.2 Å². The van der Waals surface area contributed by atoms with Gasteiger partial charge < -0.3 is 20.8 Å². The highest BCUT2D eigenvalue weighted by atomic mass is 16.3. The molecule has 0 spiro atoms. The van der Waals surface area contributed by atoms with E-state index in [1.165, 1.54) is 18.2 Å². The highest BCUT2D eigenvalue weighted by molar-refractivity contribution is 5.89. The Balaban J connectivity index is 1.91. The van der Waals surface area contributed by atoms with Crippen LogP contribution in [0.25, 0.3) is 0 Å². The lowest BCUT2D eigenvalue weighted by Gasteiger charge is -2.08. The molecule has 0 heterocycles. The van der Waals surface area contributed by atoms with Gasteiger partial charge >= 0.3 is 6.03 Å². The predicted octanol–water partition coefficient (Wildman–Crippen LogP) is 2.42. The third-order valence-corrected chi connectivity index (χ3v) is 2.46. The number of amides is 2. The Hall–Kier alpha value is -2.69. The Kier molecular flexibility index (Phi) is 3.87. The molecule has 0 saturated carbocycles. The lowest BCUT2D eigenvalue weighted by Crippen LogP contribution is -2.28. The fraction of sp³-hybridized carbons (Fsp3) is 0.0714. The van der Waals surface area contributed by atoms with Crippen LogP contribution in [0.2, 0.25) is 0 Å². The minimum Gasteiger partial charge on any atom is -0.508 e. The zero-order valence-corrected chi connectivity index (χ0v) is 10.1. The third-order valence-electron chi connectivity index (χ3n) is 2.46. The molecule has 0 aromatic heterocycles. The highest BCUT2D eigenvalue weighted by Crippen LogP contribution is 2.23. The minimum atomic E-state index is -0.408. The average molecular weight is 258 g/mol. The van der Waals surface area contributed by atoms with Gasteiger partial charge in [0.2, 0.25) is 0 Å². The second kappa shape index (κ2) is 5.77. The third kappa shape index (κ3) is 3.92. The molecule has 0 atom stereocenters. The maximum atomic E-state index is 11.6. The van der Waals surface area contributed by atoms with Crippen molar-refractivity contribution in [3.63, 3.8) is 0 Å². The van der Waals surface area contributed by atoms with Crippen molar-refractivity contribution in [3.05, 3.63) is 54.1 Å². The number of rotatable bonds is 3. The normalized spacial score (nSPS) is 9.89. The number of anilines is 1. The van der Waals surface area contributed by atoms with Crippen molar-refractivity contribution in [2.24, 2.45) is 0 Å². The summed E-state index contributed by atoms with van der Waals surface area (Å²) in [5.74, 6) is -0.225. The number of hydrogen-bond acceptors (Lipinski definition) is 3. The topological polar surface area (TPSA) is 81.6 Å². The van der Waals surface area contributed by atoms with Gasteiger partial charge in [-0.2, -0.15) is 0 Å². The smallest absolute Gasteiger partial charge is 0.319 e. The van der Waals surface area contributed by atoms with Crippen molar-refractivity contribution in [3.8, 4) is 11.5 Å². The van der Waals surface area contributed by atoms with E-state index in [-0.39, 0.29) is 11.5 Å². The fourth-order valence-electron chi connectivity index (χ4n) is 1.62. The number of carbonyl (C=O) groups excluding carboxylic acids is 1. The molecule has 0 aliphatic heterocycles. The molecular formula is C14H14N2O3. The summed E-state index contributed by atoms with van der Waals surface area (Å²) >= 11 is 0. The van der Waals surface area contributed by atoms with Gasteiger partial charge in [-0.05, 0) is 5.56 Å². The second-order valence-electron chi connectivity index (χ2n) is 4.03. The van der Waals surface area contributed by atoms with E-state index in [0.29, 0.717) is 12.2 Å². The van der Waals surface area contributed by atoms with Gasteiger partial charge in [-0.3, -0.25) is 0 Å².